The van der Waals surface area contributed by atoms with Gasteiger partial charge in [-0.2, -0.15) is 0 Å². The molecule has 1 heterocycles. The fourth-order valence-corrected chi connectivity index (χ4v) is 2.68. The number of carbonyl (C=O) groups excluding carboxylic acids is 1. The van der Waals surface area contributed by atoms with Gasteiger partial charge >= 0.3 is 0 Å². The molecule has 18 heavy (non-hydrogen) atoms. The Labute approximate surface area is 106 Å². The average molecular weight is 247 g/mol. The number of fused-ring (bicyclic) bond motifs is 1. The molecule has 1 amide bonds. The molecule has 0 spiro atoms. The standard InChI is InChI=1S/C14H17NO3/c1-17-12-4-9(5-13(6-12)18-2)14(16)15-7-10-3-11(10)8-15/h4-6,10-11H,3,7-8H2,1-2H3. The summed E-state index contributed by atoms with van der Waals surface area (Å²) in [6.07, 6.45) is 1.30. The number of amides is 1. The maximum absolute atomic E-state index is 12.4. The predicted octanol–water partition coefficient (Wildman–Crippen LogP) is 1.80. The van der Waals surface area contributed by atoms with Crippen LogP contribution in [0.15, 0.2) is 18.2 Å². The molecule has 4 nitrogen and oxygen atoms in total. The number of ether oxygens (including phenoxy) is 2. The van der Waals surface area contributed by atoms with Gasteiger partial charge in [0.1, 0.15) is 11.5 Å². The van der Waals surface area contributed by atoms with Crippen molar-refractivity contribution in [3.63, 3.8) is 0 Å². The van der Waals surface area contributed by atoms with Crippen molar-refractivity contribution < 1.29 is 14.3 Å². The van der Waals surface area contributed by atoms with E-state index in [4.69, 9.17) is 9.47 Å². The van der Waals surface area contributed by atoms with Crippen molar-refractivity contribution in [2.75, 3.05) is 27.3 Å². The molecule has 1 aromatic carbocycles. The van der Waals surface area contributed by atoms with Crippen molar-refractivity contribution in [2.45, 2.75) is 6.42 Å². The second kappa shape index (κ2) is 4.19. The molecule has 1 aliphatic heterocycles. The summed E-state index contributed by atoms with van der Waals surface area (Å²) in [5.41, 5.74) is 0.646. The van der Waals surface area contributed by atoms with Gasteiger partial charge in [0.15, 0.2) is 0 Å². The number of piperidine rings is 1. The van der Waals surface area contributed by atoms with Gasteiger partial charge in [0, 0.05) is 24.7 Å². The van der Waals surface area contributed by atoms with Crippen molar-refractivity contribution in [1.82, 2.24) is 4.90 Å². The Morgan fingerprint density at radius 1 is 1.11 bits per heavy atom. The molecule has 1 aromatic rings. The zero-order valence-electron chi connectivity index (χ0n) is 10.7. The Kier molecular flexibility index (Phi) is 2.65. The van der Waals surface area contributed by atoms with Crippen LogP contribution in [0.5, 0.6) is 11.5 Å². The first-order valence-electron chi connectivity index (χ1n) is 6.23. The second-order valence-electron chi connectivity index (χ2n) is 5.07. The van der Waals surface area contributed by atoms with Crippen molar-refractivity contribution in [1.29, 1.82) is 0 Å². The summed E-state index contributed by atoms with van der Waals surface area (Å²) in [4.78, 5) is 14.3. The summed E-state index contributed by atoms with van der Waals surface area (Å²) in [6, 6.07) is 5.32. The van der Waals surface area contributed by atoms with Gasteiger partial charge in [-0.25, -0.2) is 0 Å². The summed E-state index contributed by atoms with van der Waals surface area (Å²) < 4.78 is 10.4. The molecule has 1 aliphatic carbocycles. The monoisotopic (exact) mass is 247 g/mol. The Morgan fingerprint density at radius 3 is 2.17 bits per heavy atom. The average Bonchev–Trinajstić information content (AvgIpc) is 3.03. The Morgan fingerprint density at radius 2 is 1.67 bits per heavy atom. The highest BCUT2D eigenvalue weighted by molar-refractivity contribution is 5.95. The number of likely N-dealkylation sites (tertiary alicyclic amines) is 1. The lowest BCUT2D eigenvalue weighted by Crippen LogP contribution is -2.30. The molecule has 2 fully saturated rings. The maximum Gasteiger partial charge on any atom is 0.254 e. The van der Waals surface area contributed by atoms with Crippen LogP contribution in [0.2, 0.25) is 0 Å². The van der Waals surface area contributed by atoms with Crippen LogP contribution in [-0.2, 0) is 0 Å². The second-order valence-corrected chi connectivity index (χ2v) is 5.07. The van der Waals surface area contributed by atoms with Crippen molar-refractivity contribution in [3.05, 3.63) is 23.8 Å². The smallest absolute Gasteiger partial charge is 0.254 e. The van der Waals surface area contributed by atoms with E-state index in [1.807, 2.05) is 4.90 Å². The van der Waals surface area contributed by atoms with Gasteiger partial charge in [0.25, 0.3) is 5.91 Å². The molecule has 2 aliphatic rings. The number of benzene rings is 1. The summed E-state index contributed by atoms with van der Waals surface area (Å²) in [7, 11) is 3.18. The fraction of sp³-hybridized carbons (Fsp3) is 0.500. The number of hydrogen-bond acceptors (Lipinski definition) is 3. The minimum atomic E-state index is 0.0828. The molecule has 0 N–H and O–H groups in total. The zero-order chi connectivity index (χ0) is 12.7. The molecule has 2 unspecified atom stereocenters. The highest BCUT2D eigenvalue weighted by Gasteiger charge is 2.46. The lowest BCUT2D eigenvalue weighted by Gasteiger charge is -2.18. The molecule has 2 atom stereocenters. The molecule has 1 saturated heterocycles. The first kappa shape index (κ1) is 11.4. The third kappa shape index (κ3) is 1.92. The summed E-state index contributed by atoms with van der Waals surface area (Å²) >= 11 is 0. The number of carbonyl (C=O) groups is 1. The SMILES string of the molecule is COc1cc(OC)cc(C(=O)N2CC3CC3C2)c1. The van der Waals surface area contributed by atoms with Crippen LogP contribution in [0.3, 0.4) is 0 Å². The topological polar surface area (TPSA) is 38.8 Å². The van der Waals surface area contributed by atoms with Gasteiger partial charge in [-0.15, -0.1) is 0 Å². The third-order valence-electron chi connectivity index (χ3n) is 3.86. The number of methoxy groups -OCH3 is 2. The molecular formula is C14H17NO3. The lowest BCUT2D eigenvalue weighted by molar-refractivity contribution is 0.0775. The van der Waals surface area contributed by atoms with Gasteiger partial charge in [-0.05, 0) is 30.4 Å². The quantitative estimate of drug-likeness (QED) is 0.817. The maximum atomic E-state index is 12.4. The molecule has 1 saturated carbocycles. The number of hydrogen-bond donors (Lipinski definition) is 0. The fourth-order valence-electron chi connectivity index (χ4n) is 2.68. The molecule has 0 bridgehead atoms. The number of rotatable bonds is 3. The van der Waals surface area contributed by atoms with Crippen molar-refractivity contribution in [2.24, 2.45) is 11.8 Å². The minimum Gasteiger partial charge on any atom is -0.497 e. The number of nitrogens with zero attached hydrogens (tertiary/aromatic N) is 1. The molecule has 3 rings (SSSR count). The van der Waals surface area contributed by atoms with Crippen LogP contribution in [0.25, 0.3) is 0 Å². The first-order valence-corrected chi connectivity index (χ1v) is 6.23. The van der Waals surface area contributed by atoms with E-state index in [0.717, 1.165) is 24.9 Å². The van der Waals surface area contributed by atoms with E-state index in [-0.39, 0.29) is 5.91 Å². The zero-order valence-corrected chi connectivity index (χ0v) is 10.7. The van der Waals surface area contributed by atoms with Crippen molar-refractivity contribution >= 4 is 5.91 Å². The van der Waals surface area contributed by atoms with Gasteiger partial charge in [0.05, 0.1) is 14.2 Å². The van der Waals surface area contributed by atoms with E-state index >= 15 is 0 Å². The first-order chi connectivity index (χ1) is 8.71. The largest absolute Gasteiger partial charge is 0.497 e. The summed E-state index contributed by atoms with van der Waals surface area (Å²) in [6.45, 7) is 1.81. The van der Waals surface area contributed by atoms with E-state index in [2.05, 4.69) is 0 Å². The normalized spacial score (nSPS) is 24.7. The van der Waals surface area contributed by atoms with Gasteiger partial charge in [-0.3, -0.25) is 4.79 Å². The molecule has 0 radical (unpaired) electrons. The van der Waals surface area contributed by atoms with Crippen LogP contribution in [0.4, 0.5) is 0 Å². The minimum absolute atomic E-state index is 0.0828. The lowest BCUT2D eigenvalue weighted by atomic mass is 10.1. The van der Waals surface area contributed by atoms with Gasteiger partial charge in [0.2, 0.25) is 0 Å². The van der Waals surface area contributed by atoms with Crippen LogP contribution in [0.1, 0.15) is 16.8 Å². The van der Waals surface area contributed by atoms with E-state index in [1.54, 1.807) is 32.4 Å². The van der Waals surface area contributed by atoms with E-state index in [1.165, 1.54) is 6.42 Å². The summed E-state index contributed by atoms with van der Waals surface area (Å²) in [5, 5.41) is 0. The van der Waals surface area contributed by atoms with Crippen molar-refractivity contribution in [3.8, 4) is 11.5 Å². The Hall–Kier alpha value is -1.71. The van der Waals surface area contributed by atoms with E-state index < -0.39 is 0 Å². The van der Waals surface area contributed by atoms with Crippen LogP contribution in [0, 0.1) is 11.8 Å². The molecule has 4 heteroatoms. The molecule has 96 valence electrons. The Bertz CT molecular complexity index is 454. The van der Waals surface area contributed by atoms with Crippen LogP contribution < -0.4 is 9.47 Å². The molecule has 0 aromatic heterocycles. The predicted molar refractivity (Wildman–Crippen MR) is 67.0 cm³/mol. The summed E-state index contributed by atoms with van der Waals surface area (Å²) in [5.74, 6) is 2.89. The third-order valence-corrected chi connectivity index (χ3v) is 3.86. The van der Waals surface area contributed by atoms with Gasteiger partial charge in [-0.1, -0.05) is 0 Å². The highest BCUT2D eigenvalue weighted by atomic mass is 16.5. The van der Waals surface area contributed by atoms with E-state index in [9.17, 15) is 4.79 Å². The van der Waals surface area contributed by atoms with Gasteiger partial charge < -0.3 is 14.4 Å². The Balaban J connectivity index is 1.83. The van der Waals surface area contributed by atoms with E-state index in [0.29, 0.717) is 17.1 Å². The van der Waals surface area contributed by atoms with Crippen LogP contribution >= 0.6 is 0 Å². The molecular weight excluding hydrogens is 230 g/mol. The highest BCUT2D eigenvalue weighted by Crippen LogP contribution is 2.45. The van der Waals surface area contributed by atoms with Crippen LogP contribution in [-0.4, -0.2) is 38.1 Å².